The summed E-state index contributed by atoms with van der Waals surface area (Å²) < 4.78 is 7.69. The number of carbonyl (C=O) groups is 1. The average molecular weight is 369 g/mol. The predicted molar refractivity (Wildman–Crippen MR) is 105 cm³/mol. The number of benzene rings is 1. The van der Waals surface area contributed by atoms with Gasteiger partial charge in [0.25, 0.3) is 5.91 Å². The van der Waals surface area contributed by atoms with Crippen molar-refractivity contribution in [3.8, 4) is 0 Å². The molecule has 0 bridgehead atoms. The Kier molecular flexibility index (Phi) is 6.26. The summed E-state index contributed by atoms with van der Waals surface area (Å²) in [6.07, 6.45) is 2.12. The van der Waals surface area contributed by atoms with Crippen molar-refractivity contribution in [1.29, 1.82) is 0 Å². The molecule has 0 aliphatic heterocycles. The maximum absolute atomic E-state index is 12.6. The Morgan fingerprint density at radius 2 is 1.92 bits per heavy atom. The van der Waals surface area contributed by atoms with Gasteiger partial charge in [0.05, 0.1) is 19.3 Å². The first-order valence-corrected chi connectivity index (χ1v) is 9.65. The molecule has 0 saturated carbocycles. The standard InChI is InChI=1S/C21H24N2O2S/c1-16(2)25-15-18-8-4-3-7-17(18)13-22-21(24)20-10-5-11-23(20)14-19-9-6-12-26-19/h3-12,16H,13-15H2,1-2H3,(H,22,24). The Balaban J connectivity index is 1.64. The molecule has 136 valence electrons. The summed E-state index contributed by atoms with van der Waals surface area (Å²) >= 11 is 1.70. The molecule has 0 fully saturated rings. The molecular formula is C21H24N2O2S. The zero-order chi connectivity index (χ0) is 18.4. The SMILES string of the molecule is CC(C)OCc1ccccc1CNC(=O)c1cccn1Cc1cccs1. The zero-order valence-corrected chi connectivity index (χ0v) is 16.0. The van der Waals surface area contributed by atoms with Crippen LogP contribution < -0.4 is 5.32 Å². The van der Waals surface area contributed by atoms with E-state index in [0.717, 1.165) is 11.1 Å². The predicted octanol–water partition coefficient (Wildman–Crippen LogP) is 4.45. The summed E-state index contributed by atoms with van der Waals surface area (Å²) in [5.41, 5.74) is 2.86. The fourth-order valence-electron chi connectivity index (χ4n) is 2.72. The van der Waals surface area contributed by atoms with Gasteiger partial charge in [-0.25, -0.2) is 0 Å². The maximum Gasteiger partial charge on any atom is 0.268 e. The van der Waals surface area contributed by atoms with Gasteiger partial charge >= 0.3 is 0 Å². The van der Waals surface area contributed by atoms with Crippen molar-refractivity contribution in [2.45, 2.75) is 39.6 Å². The quantitative estimate of drug-likeness (QED) is 0.638. The Labute approximate surface area is 158 Å². The minimum absolute atomic E-state index is 0.0638. The number of ether oxygens (including phenoxy) is 1. The van der Waals surface area contributed by atoms with Gasteiger partial charge in [-0.15, -0.1) is 11.3 Å². The van der Waals surface area contributed by atoms with Gasteiger partial charge in [0.15, 0.2) is 0 Å². The Hall–Kier alpha value is -2.37. The van der Waals surface area contributed by atoms with E-state index in [1.54, 1.807) is 11.3 Å². The first kappa shape index (κ1) is 18.4. The van der Waals surface area contributed by atoms with Crippen molar-refractivity contribution in [1.82, 2.24) is 9.88 Å². The zero-order valence-electron chi connectivity index (χ0n) is 15.1. The molecule has 5 heteroatoms. The largest absolute Gasteiger partial charge is 0.374 e. The highest BCUT2D eigenvalue weighted by Gasteiger charge is 2.12. The van der Waals surface area contributed by atoms with Crippen LogP contribution in [0, 0.1) is 0 Å². The van der Waals surface area contributed by atoms with Crippen LogP contribution in [0.3, 0.4) is 0 Å². The fraction of sp³-hybridized carbons (Fsp3) is 0.286. The number of nitrogens with zero attached hydrogens (tertiary/aromatic N) is 1. The fourth-order valence-corrected chi connectivity index (χ4v) is 3.42. The van der Waals surface area contributed by atoms with Crippen molar-refractivity contribution >= 4 is 17.2 Å². The molecule has 26 heavy (non-hydrogen) atoms. The van der Waals surface area contributed by atoms with Crippen LogP contribution in [0.15, 0.2) is 60.1 Å². The smallest absolute Gasteiger partial charge is 0.268 e. The third kappa shape index (κ3) is 4.84. The molecule has 0 radical (unpaired) electrons. The molecule has 0 atom stereocenters. The summed E-state index contributed by atoms with van der Waals surface area (Å²) in [6.45, 7) is 5.80. The van der Waals surface area contributed by atoms with Gasteiger partial charge in [-0.3, -0.25) is 4.79 Å². The molecule has 3 aromatic rings. The third-order valence-corrected chi connectivity index (χ3v) is 4.96. The van der Waals surface area contributed by atoms with E-state index < -0.39 is 0 Å². The first-order chi connectivity index (χ1) is 12.6. The maximum atomic E-state index is 12.6. The summed E-state index contributed by atoms with van der Waals surface area (Å²) in [5, 5.41) is 5.09. The van der Waals surface area contributed by atoms with E-state index in [4.69, 9.17) is 4.74 Å². The summed E-state index contributed by atoms with van der Waals surface area (Å²) in [6, 6.07) is 15.9. The number of hydrogen-bond donors (Lipinski definition) is 1. The first-order valence-electron chi connectivity index (χ1n) is 8.77. The van der Waals surface area contributed by atoms with Crippen molar-refractivity contribution in [2.75, 3.05) is 0 Å². The van der Waals surface area contributed by atoms with E-state index in [1.807, 2.05) is 67.1 Å². The summed E-state index contributed by atoms with van der Waals surface area (Å²) in [4.78, 5) is 13.9. The monoisotopic (exact) mass is 368 g/mol. The minimum atomic E-state index is -0.0638. The lowest BCUT2D eigenvalue weighted by molar-refractivity contribution is 0.0651. The Bertz CT molecular complexity index is 837. The van der Waals surface area contributed by atoms with Crippen LogP contribution in [0.1, 0.15) is 40.3 Å². The lowest BCUT2D eigenvalue weighted by atomic mass is 10.1. The van der Waals surface area contributed by atoms with Crippen LogP contribution >= 0.6 is 11.3 Å². The normalized spacial score (nSPS) is 11.0. The van der Waals surface area contributed by atoms with Crippen molar-refractivity contribution < 1.29 is 9.53 Å². The van der Waals surface area contributed by atoms with Gasteiger partial charge in [0.1, 0.15) is 5.69 Å². The number of amides is 1. The van der Waals surface area contributed by atoms with E-state index in [1.165, 1.54) is 4.88 Å². The van der Waals surface area contributed by atoms with Crippen LogP contribution in [-0.2, 0) is 24.4 Å². The van der Waals surface area contributed by atoms with E-state index >= 15 is 0 Å². The van der Waals surface area contributed by atoms with Crippen LogP contribution in [0.2, 0.25) is 0 Å². The number of nitrogens with one attached hydrogen (secondary N) is 1. The molecule has 0 saturated heterocycles. The van der Waals surface area contributed by atoms with Gasteiger partial charge in [-0.2, -0.15) is 0 Å². The van der Waals surface area contributed by atoms with Gasteiger partial charge < -0.3 is 14.6 Å². The Morgan fingerprint density at radius 1 is 1.12 bits per heavy atom. The van der Waals surface area contributed by atoms with Crippen molar-refractivity contribution in [2.24, 2.45) is 0 Å². The molecule has 1 amide bonds. The van der Waals surface area contributed by atoms with Gasteiger partial charge in [0.2, 0.25) is 0 Å². The molecule has 4 nitrogen and oxygen atoms in total. The number of thiophene rings is 1. The van der Waals surface area contributed by atoms with E-state index in [0.29, 0.717) is 25.4 Å². The molecule has 3 rings (SSSR count). The van der Waals surface area contributed by atoms with Crippen molar-refractivity contribution in [3.63, 3.8) is 0 Å². The molecule has 2 heterocycles. The molecule has 0 unspecified atom stereocenters. The molecule has 2 aromatic heterocycles. The number of carbonyl (C=O) groups excluding carboxylic acids is 1. The topological polar surface area (TPSA) is 43.3 Å². The molecule has 1 N–H and O–H groups in total. The molecule has 0 aliphatic rings. The molecule has 1 aromatic carbocycles. The van der Waals surface area contributed by atoms with E-state index in [9.17, 15) is 4.79 Å². The summed E-state index contributed by atoms with van der Waals surface area (Å²) in [5.74, 6) is -0.0638. The number of hydrogen-bond acceptors (Lipinski definition) is 3. The van der Waals surface area contributed by atoms with Crippen LogP contribution in [-0.4, -0.2) is 16.6 Å². The third-order valence-electron chi connectivity index (χ3n) is 4.10. The highest BCUT2D eigenvalue weighted by Crippen LogP contribution is 2.14. The van der Waals surface area contributed by atoms with E-state index in [-0.39, 0.29) is 12.0 Å². The van der Waals surface area contributed by atoms with Gasteiger partial charge in [0, 0.05) is 17.6 Å². The van der Waals surface area contributed by atoms with Gasteiger partial charge in [-0.05, 0) is 48.6 Å². The van der Waals surface area contributed by atoms with Crippen molar-refractivity contribution in [3.05, 3.63) is 81.8 Å². The minimum Gasteiger partial charge on any atom is -0.374 e. The summed E-state index contributed by atoms with van der Waals surface area (Å²) in [7, 11) is 0. The second-order valence-corrected chi connectivity index (χ2v) is 7.44. The second kappa shape index (κ2) is 8.83. The van der Waals surface area contributed by atoms with Crippen LogP contribution in [0.25, 0.3) is 0 Å². The lowest BCUT2D eigenvalue weighted by Crippen LogP contribution is -2.26. The van der Waals surface area contributed by atoms with Crippen LogP contribution in [0.4, 0.5) is 0 Å². The average Bonchev–Trinajstić information content (AvgIpc) is 3.31. The number of rotatable bonds is 8. The molecular weight excluding hydrogens is 344 g/mol. The van der Waals surface area contributed by atoms with Gasteiger partial charge in [-0.1, -0.05) is 30.3 Å². The van der Waals surface area contributed by atoms with Crippen LogP contribution in [0.5, 0.6) is 0 Å². The molecule has 0 spiro atoms. The second-order valence-electron chi connectivity index (χ2n) is 6.41. The highest BCUT2D eigenvalue weighted by atomic mass is 32.1. The number of aromatic nitrogens is 1. The molecule has 0 aliphatic carbocycles. The highest BCUT2D eigenvalue weighted by molar-refractivity contribution is 7.09. The Morgan fingerprint density at radius 3 is 2.65 bits per heavy atom. The lowest BCUT2D eigenvalue weighted by Gasteiger charge is -2.13. The van der Waals surface area contributed by atoms with E-state index in [2.05, 4.69) is 16.8 Å².